The molecule has 0 atom stereocenters. The van der Waals surface area contributed by atoms with Crippen LogP contribution in [0, 0.1) is 0 Å². The number of nitrogens with one attached hydrogen (secondary N) is 1. The molecule has 29 heavy (non-hydrogen) atoms. The van der Waals surface area contributed by atoms with Gasteiger partial charge in [0, 0.05) is 10.8 Å². The number of nitrogens with zero attached hydrogens (tertiary/aromatic N) is 2. The van der Waals surface area contributed by atoms with Gasteiger partial charge in [0.05, 0.1) is 24.4 Å². The van der Waals surface area contributed by atoms with Crippen LogP contribution in [0.15, 0.2) is 82.7 Å². The fourth-order valence-electron chi connectivity index (χ4n) is 3.29. The minimum absolute atomic E-state index is 0.0367. The lowest BCUT2D eigenvalue weighted by atomic mass is 10.1. The Morgan fingerprint density at radius 3 is 2.14 bits per heavy atom. The quantitative estimate of drug-likeness (QED) is 0.325. The van der Waals surface area contributed by atoms with E-state index in [0.29, 0.717) is 21.8 Å². The number of pyridine rings is 1. The summed E-state index contributed by atoms with van der Waals surface area (Å²) < 4.78 is 6.96. The van der Waals surface area contributed by atoms with Gasteiger partial charge >= 0.3 is 0 Å². The van der Waals surface area contributed by atoms with Gasteiger partial charge < -0.3 is 9.30 Å². The van der Waals surface area contributed by atoms with Crippen LogP contribution in [-0.2, 0) is 11.3 Å². The van der Waals surface area contributed by atoms with Crippen molar-refractivity contribution in [1.82, 2.24) is 9.99 Å². The summed E-state index contributed by atoms with van der Waals surface area (Å²) in [6, 6.07) is 21.9. The van der Waals surface area contributed by atoms with Crippen molar-refractivity contribution < 1.29 is 9.53 Å². The van der Waals surface area contributed by atoms with Crippen molar-refractivity contribution in [2.75, 3.05) is 7.11 Å². The Morgan fingerprint density at radius 1 is 0.966 bits per heavy atom. The van der Waals surface area contributed by atoms with E-state index in [2.05, 4.69) is 10.5 Å². The predicted octanol–water partition coefficient (Wildman–Crippen LogP) is 3.31. The Kier molecular flexibility index (Phi) is 5.07. The Balaban J connectivity index is 1.61. The summed E-state index contributed by atoms with van der Waals surface area (Å²) in [6.07, 6.45) is 1.57. The van der Waals surface area contributed by atoms with Crippen LogP contribution in [0.25, 0.3) is 21.8 Å². The van der Waals surface area contributed by atoms with Gasteiger partial charge in [0.1, 0.15) is 12.3 Å². The van der Waals surface area contributed by atoms with Crippen LogP contribution in [0.2, 0.25) is 0 Å². The zero-order chi connectivity index (χ0) is 20.2. The van der Waals surface area contributed by atoms with Gasteiger partial charge in [-0.2, -0.15) is 5.10 Å². The molecule has 1 amide bonds. The van der Waals surface area contributed by atoms with Crippen molar-refractivity contribution in [3.05, 3.63) is 88.6 Å². The van der Waals surface area contributed by atoms with Crippen LogP contribution in [-0.4, -0.2) is 23.8 Å². The van der Waals surface area contributed by atoms with Crippen LogP contribution in [0.4, 0.5) is 0 Å². The first-order valence-corrected chi connectivity index (χ1v) is 9.13. The van der Waals surface area contributed by atoms with E-state index in [1.54, 1.807) is 25.5 Å². The molecule has 0 bridgehead atoms. The summed E-state index contributed by atoms with van der Waals surface area (Å²) in [6.45, 7) is 0.0429. The lowest BCUT2D eigenvalue weighted by Crippen LogP contribution is -2.25. The monoisotopic (exact) mass is 385 g/mol. The largest absolute Gasteiger partial charge is 0.497 e. The SMILES string of the molecule is COc1ccc(/C=N\NC(=O)Cn2c3ccccc3c(=O)c3ccccc32)cc1. The van der Waals surface area contributed by atoms with Crippen molar-refractivity contribution in [2.24, 2.45) is 5.10 Å². The van der Waals surface area contributed by atoms with E-state index in [1.165, 1.54) is 0 Å². The maximum Gasteiger partial charge on any atom is 0.260 e. The summed E-state index contributed by atoms with van der Waals surface area (Å²) in [7, 11) is 1.60. The highest BCUT2D eigenvalue weighted by molar-refractivity contribution is 5.95. The molecule has 3 aromatic carbocycles. The second-order valence-corrected chi connectivity index (χ2v) is 6.52. The Labute approximate surface area is 167 Å². The summed E-state index contributed by atoms with van der Waals surface area (Å²) >= 11 is 0. The third-order valence-electron chi connectivity index (χ3n) is 4.70. The van der Waals surface area contributed by atoms with Crippen molar-refractivity contribution in [1.29, 1.82) is 0 Å². The number of hydrogen-bond donors (Lipinski definition) is 1. The molecule has 144 valence electrons. The number of hydrogen-bond acceptors (Lipinski definition) is 4. The maximum atomic E-state index is 12.8. The molecule has 4 rings (SSSR count). The normalized spacial score (nSPS) is 11.2. The van der Waals surface area contributed by atoms with Gasteiger partial charge in [-0.15, -0.1) is 0 Å². The Hall–Kier alpha value is -3.93. The molecule has 1 heterocycles. The molecule has 0 aliphatic rings. The van der Waals surface area contributed by atoms with Crippen LogP contribution < -0.4 is 15.6 Å². The number of rotatable bonds is 5. The van der Waals surface area contributed by atoms with Gasteiger partial charge in [-0.05, 0) is 54.1 Å². The predicted molar refractivity (Wildman–Crippen MR) is 114 cm³/mol. The number of carbonyl (C=O) groups excluding carboxylic acids is 1. The minimum atomic E-state index is -0.284. The van der Waals surface area contributed by atoms with Crippen LogP contribution in [0.3, 0.4) is 0 Å². The lowest BCUT2D eigenvalue weighted by Gasteiger charge is -2.14. The van der Waals surface area contributed by atoms with Crippen molar-refractivity contribution in [2.45, 2.75) is 6.54 Å². The average molecular weight is 385 g/mol. The highest BCUT2D eigenvalue weighted by Gasteiger charge is 2.12. The lowest BCUT2D eigenvalue weighted by molar-refractivity contribution is -0.121. The second-order valence-electron chi connectivity index (χ2n) is 6.52. The number of para-hydroxylation sites is 2. The fraction of sp³-hybridized carbons (Fsp3) is 0.0870. The van der Waals surface area contributed by atoms with Crippen LogP contribution >= 0.6 is 0 Å². The highest BCUT2D eigenvalue weighted by atomic mass is 16.5. The molecule has 0 aliphatic heterocycles. The van der Waals surface area contributed by atoms with E-state index in [1.807, 2.05) is 65.2 Å². The number of benzene rings is 3. The number of amides is 1. The topological polar surface area (TPSA) is 72.7 Å². The van der Waals surface area contributed by atoms with E-state index in [0.717, 1.165) is 11.3 Å². The third-order valence-corrected chi connectivity index (χ3v) is 4.70. The number of hydrazone groups is 1. The summed E-state index contributed by atoms with van der Waals surface area (Å²) in [4.78, 5) is 25.3. The molecule has 0 aliphatic carbocycles. The van der Waals surface area contributed by atoms with Crippen molar-refractivity contribution in [3.63, 3.8) is 0 Å². The van der Waals surface area contributed by atoms with Gasteiger partial charge in [0.2, 0.25) is 0 Å². The fourth-order valence-corrected chi connectivity index (χ4v) is 3.29. The smallest absolute Gasteiger partial charge is 0.260 e. The standard InChI is InChI=1S/C23H19N3O3/c1-29-17-12-10-16(11-13-17)14-24-25-22(27)15-26-20-8-4-2-6-18(20)23(28)19-7-3-5-9-21(19)26/h2-14H,15H2,1H3,(H,25,27)/b24-14-. The first kappa shape index (κ1) is 18.4. The van der Waals surface area contributed by atoms with Crippen LogP contribution in [0.5, 0.6) is 5.75 Å². The molecular weight excluding hydrogens is 366 g/mol. The van der Waals surface area contributed by atoms with Gasteiger partial charge in [-0.1, -0.05) is 24.3 Å². The van der Waals surface area contributed by atoms with E-state index in [4.69, 9.17) is 4.74 Å². The van der Waals surface area contributed by atoms with E-state index in [9.17, 15) is 9.59 Å². The molecule has 0 spiro atoms. The minimum Gasteiger partial charge on any atom is -0.497 e. The molecule has 6 nitrogen and oxygen atoms in total. The average Bonchev–Trinajstić information content (AvgIpc) is 2.77. The second kappa shape index (κ2) is 7.98. The van der Waals surface area contributed by atoms with Crippen LogP contribution in [0.1, 0.15) is 5.56 Å². The molecular formula is C23H19N3O3. The van der Waals surface area contributed by atoms with Gasteiger partial charge in [-0.25, -0.2) is 5.43 Å². The Bertz CT molecular complexity index is 1210. The molecule has 4 aromatic rings. The van der Waals surface area contributed by atoms with E-state index < -0.39 is 0 Å². The zero-order valence-electron chi connectivity index (χ0n) is 15.8. The van der Waals surface area contributed by atoms with Crippen molar-refractivity contribution in [3.8, 4) is 5.75 Å². The summed E-state index contributed by atoms with van der Waals surface area (Å²) in [5.41, 5.74) is 4.78. The van der Waals surface area contributed by atoms with Crippen molar-refractivity contribution >= 4 is 33.9 Å². The molecule has 1 aromatic heterocycles. The summed E-state index contributed by atoms with van der Waals surface area (Å²) in [5, 5.41) is 5.20. The molecule has 0 radical (unpaired) electrons. The van der Waals surface area contributed by atoms with E-state index in [-0.39, 0.29) is 17.9 Å². The molecule has 6 heteroatoms. The third kappa shape index (κ3) is 3.73. The van der Waals surface area contributed by atoms with Gasteiger partial charge in [-0.3, -0.25) is 9.59 Å². The Morgan fingerprint density at radius 2 is 1.55 bits per heavy atom. The number of methoxy groups -OCH3 is 1. The molecule has 0 saturated heterocycles. The molecule has 1 N–H and O–H groups in total. The number of fused-ring (bicyclic) bond motifs is 2. The number of carbonyl (C=O) groups is 1. The first-order valence-electron chi connectivity index (χ1n) is 9.13. The zero-order valence-corrected chi connectivity index (χ0v) is 15.8. The maximum absolute atomic E-state index is 12.8. The highest BCUT2D eigenvalue weighted by Crippen LogP contribution is 2.19. The summed E-state index contributed by atoms with van der Waals surface area (Å²) in [5.74, 6) is 0.469. The molecule has 0 unspecified atom stereocenters. The van der Waals surface area contributed by atoms with Gasteiger partial charge in [0.15, 0.2) is 5.43 Å². The van der Waals surface area contributed by atoms with E-state index >= 15 is 0 Å². The molecule has 0 saturated carbocycles. The molecule has 0 fully saturated rings. The first-order chi connectivity index (χ1) is 14.2. The van der Waals surface area contributed by atoms with Gasteiger partial charge in [0.25, 0.3) is 5.91 Å². The number of ether oxygens (including phenoxy) is 1. The number of aromatic nitrogens is 1.